The zero-order valence-corrected chi connectivity index (χ0v) is 17.7. The highest BCUT2D eigenvalue weighted by Crippen LogP contribution is 2.34. The smallest absolute Gasteiger partial charge is 0.303 e. The van der Waals surface area contributed by atoms with Crippen LogP contribution in [0, 0.1) is 0 Å². The third kappa shape index (κ3) is 4.97. The first-order valence-corrected chi connectivity index (χ1v) is 9.60. The van der Waals surface area contributed by atoms with E-state index in [1.54, 1.807) is 0 Å². The molecule has 162 valence electrons. The maximum Gasteiger partial charge on any atom is 0.303 e. The number of carbonyl (C=O) groups is 3. The van der Waals surface area contributed by atoms with Crippen LogP contribution in [0.5, 0.6) is 0 Å². The Hall–Kier alpha value is -2.50. The molecule has 3 heterocycles. The van der Waals surface area contributed by atoms with Crippen LogP contribution in [0.3, 0.4) is 0 Å². The van der Waals surface area contributed by atoms with Gasteiger partial charge in [0.05, 0.1) is 6.33 Å². The van der Waals surface area contributed by atoms with E-state index in [4.69, 9.17) is 42.1 Å². The van der Waals surface area contributed by atoms with E-state index in [1.165, 1.54) is 31.7 Å². The molecule has 0 N–H and O–H groups in total. The molecule has 0 amide bonds. The maximum atomic E-state index is 11.6. The van der Waals surface area contributed by atoms with Crippen molar-refractivity contribution in [1.29, 1.82) is 0 Å². The third-order valence-electron chi connectivity index (χ3n) is 4.23. The molecule has 4 unspecified atom stereocenters. The molecule has 0 saturated carbocycles. The fourth-order valence-electron chi connectivity index (χ4n) is 3.16. The molecule has 13 heteroatoms. The summed E-state index contributed by atoms with van der Waals surface area (Å²) in [6.07, 6.45) is -2.04. The first-order chi connectivity index (χ1) is 14.2. The van der Waals surface area contributed by atoms with Crippen LogP contribution >= 0.6 is 23.2 Å². The predicted octanol–water partition coefficient (Wildman–Crippen LogP) is 1.85. The van der Waals surface area contributed by atoms with E-state index in [-0.39, 0.29) is 23.5 Å². The van der Waals surface area contributed by atoms with Gasteiger partial charge in [0.25, 0.3) is 0 Å². The number of rotatable bonds is 5. The van der Waals surface area contributed by atoms with E-state index in [1.807, 2.05) is 0 Å². The predicted molar refractivity (Wildman–Crippen MR) is 102 cm³/mol. The average molecular weight is 461 g/mol. The highest BCUT2D eigenvalue weighted by Gasteiger charge is 2.44. The van der Waals surface area contributed by atoms with Gasteiger partial charge in [-0.15, -0.1) is 0 Å². The zero-order valence-electron chi connectivity index (χ0n) is 16.2. The number of halogens is 2. The molecule has 1 saturated heterocycles. The molecule has 30 heavy (non-hydrogen) atoms. The SMILES string of the molecule is CC(=O)OCC1OC(n2cnc3c(Cl)nc(Cl)nc32)CC(OC(C)=O)C1OC(C)=O. The minimum atomic E-state index is -0.987. The Morgan fingerprint density at radius 1 is 1.13 bits per heavy atom. The Bertz CT molecular complexity index is 982. The Labute approximate surface area is 180 Å². The van der Waals surface area contributed by atoms with E-state index in [0.29, 0.717) is 11.2 Å². The Balaban J connectivity index is 1.98. The fraction of sp³-hybridized carbons (Fsp3) is 0.529. The number of nitrogens with zero attached hydrogens (tertiary/aromatic N) is 4. The second-order valence-electron chi connectivity index (χ2n) is 6.50. The topological polar surface area (TPSA) is 132 Å². The molecule has 4 atom stereocenters. The van der Waals surface area contributed by atoms with Crippen molar-refractivity contribution in [2.75, 3.05) is 6.61 Å². The number of hydrogen-bond acceptors (Lipinski definition) is 10. The summed E-state index contributed by atoms with van der Waals surface area (Å²) in [4.78, 5) is 46.7. The van der Waals surface area contributed by atoms with Gasteiger partial charge in [0.1, 0.15) is 30.6 Å². The van der Waals surface area contributed by atoms with E-state index in [0.717, 1.165) is 0 Å². The van der Waals surface area contributed by atoms with Crippen LogP contribution in [0.25, 0.3) is 11.2 Å². The summed E-state index contributed by atoms with van der Waals surface area (Å²) in [5.74, 6) is -1.73. The Morgan fingerprint density at radius 3 is 2.47 bits per heavy atom. The lowest BCUT2D eigenvalue weighted by Gasteiger charge is -2.40. The zero-order chi connectivity index (χ0) is 22.0. The van der Waals surface area contributed by atoms with Gasteiger partial charge in [0, 0.05) is 27.2 Å². The molecule has 2 aromatic heterocycles. The second kappa shape index (κ2) is 9.11. The number of imidazole rings is 1. The first kappa shape index (κ1) is 22.2. The average Bonchev–Trinajstić information content (AvgIpc) is 3.05. The van der Waals surface area contributed by atoms with Gasteiger partial charge in [-0.25, -0.2) is 9.97 Å². The molecule has 0 aromatic carbocycles. The van der Waals surface area contributed by atoms with E-state index >= 15 is 0 Å². The van der Waals surface area contributed by atoms with E-state index in [9.17, 15) is 14.4 Å². The molecule has 2 aromatic rings. The van der Waals surface area contributed by atoms with Crippen molar-refractivity contribution in [3.63, 3.8) is 0 Å². The standard InChI is InChI=1S/C17H18Cl2N4O7/c1-7(24)27-5-11-14(29-9(3)26)10(28-8(2)25)4-12(30-11)23-6-20-13-15(18)21-17(19)22-16(13)23/h6,10-12,14H,4-5H2,1-3H3. The van der Waals surface area contributed by atoms with E-state index in [2.05, 4.69) is 15.0 Å². The molecule has 1 aliphatic heterocycles. The third-order valence-corrected chi connectivity index (χ3v) is 4.66. The van der Waals surface area contributed by atoms with Gasteiger partial charge in [-0.3, -0.25) is 19.0 Å². The molecular weight excluding hydrogens is 443 g/mol. The van der Waals surface area contributed by atoms with Gasteiger partial charge in [0.15, 0.2) is 16.9 Å². The molecule has 11 nitrogen and oxygen atoms in total. The second-order valence-corrected chi connectivity index (χ2v) is 7.19. The lowest BCUT2D eigenvalue weighted by Crippen LogP contribution is -2.52. The van der Waals surface area contributed by atoms with Gasteiger partial charge in [-0.1, -0.05) is 11.6 Å². The van der Waals surface area contributed by atoms with E-state index < -0.39 is 42.4 Å². The number of ether oxygens (including phenoxy) is 4. The summed E-state index contributed by atoms with van der Waals surface area (Å²) < 4.78 is 23.3. The summed E-state index contributed by atoms with van der Waals surface area (Å²) in [5, 5.41) is -0.0267. The molecule has 3 rings (SSSR count). The normalized spacial score (nSPS) is 23.8. The van der Waals surface area contributed by atoms with Gasteiger partial charge >= 0.3 is 17.9 Å². The monoisotopic (exact) mass is 460 g/mol. The largest absolute Gasteiger partial charge is 0.463 e. The van der Waals surface area contributed by atoms with Crippen molar-refractivity contribution in [2.24, 2.45) is 0 Å². The quantitative estimate of drug-likeness (QED) is 0.281. The fourth-order valence-corrected chi connectivity index (χ4v) is 3.58. The van der Waals surface area contributed by atoms with Gasteiger partial charge in [0.2, 0.25) is 5.28 Å². The van der Waals surface area contributed by atoms with Gasteiger partial charge in [-0.2, -0.15) is 4.98 Å². The van der Waals surface area contributed by atoms with Crippen LogP contribution in [0.15, 0.2) is 6.33 Å². The maximum absolute atomic E-state index is 11.6. The molecule has 0 bridgehead atoms. The molecule has 1 aliphatic rings. The van der Waals surface area contributed by atoms with Crippen LogP contribution in [0.4, 0.5) is 0 Å². The van der Waals surface area contributed by atoms with Crippen molar-refractivity contribution >= 4 is 52.3 Å². The lowest BCUT2D eigenvalue weighted by molar-refractivity contribution is -0.226. The molecule has 0 spiro atoms. The van der Waals surface area contributed by atoms with Crippen LogP contribution in [0.2, 0.25) is 10.4 Å². The molecule has 0 radical (unpaired) electrons. The molecular formula is C17H18Cl2N4O7. The van der Waals surface area contributed by atoms with Crippen molar-refractivity contribution < 1.29 is 33.3 Å². The number of esters is 3. The molecule has 1 fully saturated rings. The van der Waals surface area contributed by atoms with Crippen LogP contribution in [0.1, 0.15) is 33.4 Å². The van der Waals surface area contributed by atoms with Crippen molar-refractivity contribution in [3.8, 4) is 0 Å². The highest BCUT2D eigenvalue weighted by molar-refractivity contribution is 6.35. The van der Waals surface area contributed by atoms with Crippen LogP contribution in [-0.4, -0.2) is 62.3 Å². The Morgan fingerprint density at radius 2 is 1.83 bits per heavy atom. The summed E-state index contributed by atoms with van der Waals surface area (Å²) in [7, 11) is 0. The first-order valence-electron chi connectivity index (χ1n) is 8.84. The lowest BCUT2D eigenvalue weighted by atomic mass is 10.00. The molecule has 0 aliphatic carbocycles. The van der Waals surface area contributed by atoms with Crippen molar-refractivity contribution in [1.82, 2.24) is 19.5 Å². The van der Waals surface area contributed by atoms with Crippen LogP contribution in [-0.2, 0) is 33.3 Å². The van der Waals surface area contributed by atoms with Crippen molar-refractivity contribution in [3.05, 3.63) is 16.8 Å². The highest BCUT2D eigenvalue weighted by atomic mass is 35.5. The Kier molecular flexibility index (Phi) is 6.74. The van der Waals surface area contributed by atoms with Gasteiger partial charge < -0.3 is 18.9 Å². The summed E-state index contributed by atoms with van der Waals surface area (Å²) in [5.41, 5.74) is 0.594. The number of hydrogen-bond donors (Lipinski definition) is 0. The minimum Gasteiger partial charge on any atom is -0.463 e. The van der Waals surface area contributed by atoms with Crippen molar-refractivity contribution in [2.45, 2.75) is 51.7 Å². The number of aromatic nitrogens is 4. The minimum absolute atomic E-state index is 0.0605. The number of fused-ring (bicyclic) bond motifs is 1. The summed E-state index contributed by atoms with van der Waals surface area (Å²) >= 11 is 12.0. The van der Waals surface area contributed by atoms with Crippen LogP contribution < -0.4 is 0 Å². The summed E-state index contributed by atoms with van der Waals surface area (Å²) in [6.45, 7) is 3.44. The summed E-state index contributed by atoms with van der Waals surface area (Å²) in [6, 6.07) is 0. The number of carbonyl (C=O) groups excluding carboxylic acids is 3. The van der Waals surface area contributed by atoms with Gasteiger partial charge in [-0.05, 0) is 11.6 Å².